The first-order valence-electron chi connectivity index (χ1n) is 9.80. The summed E-state index contributed by atoms with van der Waals surface area (Å²) < 4.78 is 0. The number of hydrogen-bond acceptors (Lipinski definition) is 5. The van der Waals surface area contributed by atoms with Crippen molar-refractivity contribution in [1.29, 1.82) is 0 Å². The Balaban J connectivity index is 2.70. The maximum atomic E-state index is 12.7. The van der Waals surface area contributed by atoms with E-state index in [1.54, 1.807) is 13.8 Å². The number of nitrogens with two attached hydrogens (primary N) is 3. The van der Waals surface area contributed by atoms with Gasteiger partial charge >= 0.3 is 5.97 Å². The van der Waals surface area contributed by atoms with Crippen molar-refractivity contribution in [2.75, 3.05) is 6.54 Å². The summed E-state index contributed by atoms with van der Waals surface area (Å²) >= 11 is 0. The van der Waals surface area contributed by atoms with Crippen LogP contribution in [0.4, 0.5) is 0 Å². The molecule has 3 unspecified atom stereocenters. The number of carboxylic acid groups (broad SMARTS) is 1. The van der Waals surface area contributed by atoms with Crippen LogP contribution in [0.2, 0.25) is 0 Å². The van der Waals surface area contributed by atoms with E-state index < -0.39 is 35.9 Å². The first-order chi connectivity index (χ1) is 14.1. The summed E-state index contributed by atoms with van der Waals surface area (Å²) in [6, 6.07) is 6.41. The summed E-state index contributed by atoms with van der Waals surface area (Å²) in [5.41, 5.74) is 17.3. The van der Waals surface area contributed by atoms with Crippen LogP contribution in [-0.4, -0.2) is 53.5 Å². The molecular formula is C20H32N6O4. The van der Waals surface area contributed by atoms with Gasteiger partial charge in [0.2, 0.25) is 11.8 Å². The Morgan fingerprint density at radius 1 is 1.07 bits per heavy atom. The van der Waals surface area contributed by atoms with E-state index in [0.717, 1.165) is 5.56 Å². The molecule has 0 fully saturated rings. The van der Waals surface area contributed by atoms with Crippen molar-refractivity contribution < 1.29 is 19.5 Å². The minimum Gasteiger partial charge on any atom is -0.480 e. The Labute approximate surface area is 176 Å². The molecule has 10 heteroatoms. The number of carbonyl (C=O) groups is 3. The summed E-state index contributed by atoms with van der Waals surface area (Å²) in [6.07, 6.45) is 0.835. The largest absolute Gasteiger partial charge is 0.480 e. The van der Waals surface area contributed by atoms with E-state index in [0.29, 0.717) is 12.8 Å². The Bertz CT molecular complexity index is 734. The van der Waals surface area contributed by atoms with Gasteiger partial charge in [0.1, 0.15) is 12.1 Å². The molecule has 0 radical (unpaired) electrons. The number of amides is 2. The molecule has 0 aromatic heterocycles. The monoisotopic (exact) mass is 420 g/mol. The Morgan fingerprint density at radius 2 is 1.70 bits per heavy atom. The number of benzene rings is 1. The quantitative estimate of drug-likeness (QED) is 0.147. The third-order valence-electron chi connectivity index (χ3n) is 4.44. The molecule has 3 atom stereocenters. The van der Waals surface area contributed by atoms with Gasteiger partial charge in [0.25, 0.3) is 0 Å². The molecule has 9 N–H and O–H groups in total. The zero-order valence-electron chi connectivity index (χ0n) is 17.4. The fourth-order valence-electron chi connectivity index (χ4n) is 2.78. The summed E-state index contributed by atoms with van der Waals surface area (Å²) in [4.78, 5) is 40.4. The molecule has 0 bridgehead atoms. The van der Waals surface area contributed by atoms with E-state index in [9.17, 15) is 19.5 Å². The zero-order valence-corrected chi connectivity index (χ0v) is 17.4. The lowest BCUT2D eigenvalue weighted by molar-refractivity contribution is -0.142. The summed E-state index contributed by atoms with van der Waals surface area (Å²) in [6.45, 7) is 3.75. The summed E-state index contributed by atoms with van der Waals surface area (Å²) in [5, 5.41) is 14.5. The molecule has 1 aromatic rings. The number of rotatable bonds is 12. The minimum atomic E-state index is -1.18. The molecule has 0 aliphatic rings. The number of nitrogens with zero attached hydrogens (tertiary/aromatic N) is 1. The highest BCUT2D eigenvalue weighted by molar-refractivity contribution is 5.92. The van der Waals surface area contributed by atoms with Gasteiger partial charge < -0.3 is 32.9 Å². The first-order valence-corrected chi connectivity index (χ1v) is 9.80. The van der Waals surface area contributed by atoms with E-state index in [2.05, 4.69) is 15.6 Å². The second kappa shape index (κ2) is 12.4. The molecule has 0 heterocycles. The van der Waals surface area contributed by atoms with Gasteiger partial charge in [-0.15, -0.1) is 0 Å². The molecule has 166 valence electrons. The molecule has 30 heavy (non-hydrogen) atoms. The minimum absolute atomic E-state index is 0.0830. The van der Waals surface area contributed by atoms with Crippen molar-refractivity contribution in [3.05, 3.63) is 35.9 Å². The molecule has 10 nitrogen and oxygen atoms in total. The lowest BCUT2D eigenvalue weighted by Crippen LogP contribution is -2.56. The van der Waals surface area contributed by atoms with Gasteiger partial charge in [0.05, 0.1) is 6.04 Å². The summed E-state index contributed by atoms with van der Waals surface area (Å²) in [7, 11) is 0. The van der Waals surface area contributed by atoms with Crippen molar-refractivity contribution in [1.82, 2.24) is 10.6 Å². The van der Waals surface area contributed by atoms with E-state index >= 15 is 0 Å². The first kappa shape index (κ1) is 24.9. The van der Waals surface area contributed by atoms with E-state index in [4.69, 9.17) is 17.2 Å². The number of carbonyl (C=O) groups excluding carboxylic acids is 2. The Kier molecular flexibility index (Phi) is 10.3. The summed E-state index contributed by atoms with van der Waals surface area (Å²) in [5.74, 6) is -2.59. The van der Waals surface area contributed by atoms with Gasteiger partial charge in [0.15, 0.2) is 5.96 Å². The van der Waals surface area contributed by atoms with Crippen LogP contribution in [0.25, 0.3) is 0 Å². The molecule has 1 aromatic carbocycles. The predicted octanol–water partition coefficient (Wildman–Crippen LogP) is -0.680. The average molecular weight is 421 g/mol. The van der Waals surface area contributed by atoms with Gasteiger partial charge in [0, 0.05) is 6.54 Å². The van der Waals surface area contributed by atoms with Crippen molar-refractivity contribution in [3.8, 4) is 0 Å². The molecule has 0 aliphatic carbocycles. The number of carboxylic acids is 1. The van der Waals surface area contributed by atoms with Crippen LogP contribution >= 0.6 is 0 Å². The topological polar surface area (TPSA) is 186 Å². The number of hydrogen-bond donors (Lipinski definition) is 6. The van der Waals surface area contributed by atoms with Gasteiger partial charge in [-0.2, -0.15) is 0 Å². The lowest BCUT2D eigenvalue weighted by Gasteiger charge is -2.25. The second-order valence-corrected chi connectivity index (χ2v) is 7.37. The van der Waals surface area contributed by atoms with Crippen molar-refractivity contribution in [2.24, 2.45) is 28.1 Å². The maximum absolute atomic E-state index is 12.7. The zero-order chi connectivity index (χ0) is 22.7. The highest BCUT2D eigenvalue weighted by Gasteiger charge is 2.29. The van der Waals surface area contributed by atoms with Gasteiger partial charge in [-0.05, 0) is 30.7 Å². The number of nitrogens with one attached hydrogen (secondary N) is 2. The van der Waals surface area contributed by atoms with Crippen LogP contribution in [0.5, 0.6) is 0 Å². The average Bonchev–Trinajstić information content (AvgIpc) is 2.68. The molecule has 0 saturated carbocycles. The molecule has 0 aliphatic heterocycles. The number of guanidine groups is 1. The predicted molar refractivity (Wildman–Crippen MR) is 114 cm³/mol. The Morgan fingerprint density at radius 3 is 2.23 bits per heavy atom. The van der Waals surface area contributed by atoms with Crippen LogP contribution in [0, 0.1) is 5.92 Å². The fourth-order valence-corrected chi connectivity index (χ4v) is 2.78. The molecule has 2 amide bonds. The van der Waals surface area contributed by atoms with Crippen molar-refractivity contribution >= 4 is 23.7 Å². The lowest BCUT2D eigenvalue weighted by atomic mass is 10.0. The fraction of sp³-hybridized carbons (Fsp3) is 0.500. The number of aliphatic carboxylic acids is 1. The van der Waals surface area contributed by atoms with Gasteiger partial charge in [-0.3, -0.25) is 14.6 Å². The van der Waals surface area contributed by atoms with Crippen molar-refractivity contribution in [3.63, 3.8) is 0 Å². The highest BCUT2D eigenvalue weighted by atomic mass is 16.4. The molecule has 1 rings (SSSR count). The molecule has 0 spiro atoms. The van der Waals surface area contributed by atoms with Crippen molar-refractivity contribution in [2.45, 2.75) is 51.2 Å². The molecule has 0 saturated heterocycles. The maximum Gasteiger partial charge on any atom is 0.326 e. The van der Waals surface area contributed by atoms with Crippen LogP contribution in [0.15, 0.2) is 35.3 Å². The standard InChI is InChI=1S/C20H32N6O4/c1-12(2)16(26-17(27)14(21)11-13-7-4-3-5-8-13)18(28)25-15(19(29)30)9-6-10-24-20(22)23/h3-5,7-8,12,14-16H,6,9-11,21H2,1-2H3,(H,25,28)(H,26,27)(H,29,30)(H4,22,23,24). The normalized spacial score (nSPS) is 13.7. The smallest absolute Gasteiger partial charge is 0.326 e. The van der Waals surface area contributed by atoms with E-state index in [1.807, 2.05) is 30.3 Å². The van der Waals surface area contributed by atoms with E-state index in [1.165, 1.54) is 0 Å². The third kappa shape index (κ3) is 8.91. The van der Waals surface area contributed by atoms with Crippen LogP contribution in [-0.2, 0) is 20.8 Å². The number of aliphatic imine (C=N–C) groups is 1. The third-order valence-corrected chi connectivity index (χ3v) is 4.44. The second-order valence-electron chi connectivity index (χ2n) is 7.37. The van der Waals surface area contributed by atoms with Crippen LogP contribution in [0.3, 0.4) is 0 Å². The molecular weight excluding hydrogens is 388 g/mol. The highest BCUT2D eigenvalue weighted by Crippen LogP contribution is 2.07. The van der Waals surface area contributed by atoms with Gasteiger partial charge in [-0.1, -0.05) is 44.2 Å². The Hall–Kier alpha value is -3.14. The van der Waals surface area contributed by atoms with E-state index in [-0.39, 0.29) is 24.8 Å². The van der Waals surface area contributed by atoms with Crippen LogP contribution in [0.1, 0.15) is 32.3 Å². The SMILES string of the molecule is CC(C)C(NC(=O)C(N)Cc1ccccc1)C(=O)NC(CCCN=C(N)N)C(=O)O. The van der Waals surface area contributed by atoms with Gasteiger partial charge in [-0.25, -0.2) is 4.79 Å². The van der Waals surface area contributed by atoms with Crippen LogP contribution < -0.4 is 27.8 Å².